The highest BCUT2D eigenvalue weighted by molar-refractivity contribution is 7.27. The van der Waals surface area contributed by atoms with E-state index in [0.717, 1.165) is 6.07 Å². The number of benzene rings is 2. The molecule has 1 aliphatic heterocycles. The van der Waals surface area contributed by atoms with Crippen LogP contribution in [0.1, 0.15) is 40.5 Å². The number of ether oxygens (including phenoxy) is 3. The molecule has 1 unspecified atom stereocenters. The van der Waals surface area contributed by atoms with Crippen LogP contribution in [0.25, 0.3) is 0 Å². The van der Waals surface area contributed by atoms with Crippen molar-refractivity contribution in [3.8, 4) is 5.75 Å². The largest absolute Gasteiger partial charge is 0.429 e. The van der Waals surface area contributed by atoms with Gasteiger partial charge >= 0.3 is 6.11 Å². The van der Waals surface area contributed by atoms with Crippen LogP contribution in [-0.4, -0.2) is 13.2 Å². The van der Waals surface area contributed by atoms with Gasteiger partial charge in [0.1, 0.15) is 22.9 Å². The predicted octanol–water partition coefficient (Wildman–Crippen LogP) is 4.95. The third-order valence-electron chi connectivity index (χ3n) is 4.69. The van der Waals surface area contributed by atoms with Gasteiger partial charge in [0.25, 0.3) is 0 Å². The summed E-state index contributed by atoms with van der Waals surface area (Å²) in [6.45, 7) is 5.11. The molecule has 28 heavy (non-hydrogen) atoms. The highest BCUT2D eigenvalue weighted by Crippen LogP contribution is 2.38. The van der Waals surface area contributed by atoms with E-state index >= 15 is 0 Å². The average molecular weight is 416 g/mol. The van der Waals surface area contributed by atoms with Crippen molar-refractivity contribution in [2.24, 2.45) is 0 Å². The summed E-state index contributed by atoms with van der Waals surface area (Å²) in [5.74, 6) is -2.13. The molecular weight excluding hydrogens is 395 g/mol. The molecular formula is C20H21F4O3P. The van der Waals surface area contributed by atoms with Crippen LogP contribution in [-0.2, 0) is 15.6 Å². The van der Waals surface area contributed by atoms with Crippen LogP contribution in [0.15, 0.2) is 18.2 Å². The molecule has 3 rings (SSSR count). The highest BCUT2D eigenvalue weighted by atomic mass is 31.0. The van der Waals surface area contributed by atoms with Crippen molar-refractivity contribution < 1.29 is 31.8 Å². The van der Waals surface area contributed by atoms with Gasteiger partial charge in [-0.1, -0.05) is 6.07 Å². The van der Waals surface area contributed by atoms with Crippen molar-refractivity contribution in [3.05, 3.63) is 57.7 Å². The number of hydrogen-bond acceptors (Lipinski definition) is 3. The Kier molecular flexibility index (Phi) is 5.99. The van der Waals surface area contributed by atoms with Crippen LogP contribution in [0.5, 0.6) is 5.75 Å². The zero-order chi connectivity index (χ0) is 20.6. The van der Waals surface area contributed by atoms with Gasteiger partial charge in [0.15, 0.2) is 6.29 Å². The monoisotopic (exact) mass is 416 g/mol. The lowest BCUT2D eigenvalue weighted by Gasteiger charge is -2.26. The Hall–Kier alpha value is -1.69. The van der Waals surface area contributed by atoms with Crippen LogP contribution in [0.3, 0.4) is 0 Å². The molecule has 8 heteroatoms. The molecule has 0 N–H and O–H groups in total. The van der Waals surface area contributed by atoms with Crippen molar-refractivity contribution in [1.29, 1.82) is 0 Å². The van der Waals surface area contributed by atoms with Gasteiger partial charge in [-0.25, -0.2) is 8.78 Å². The minimum Gasteiger partial charge on any atom is -0.428 e. The molecule has 0 spiro atoms. The van der Waals surface area contributed by atoms with Crippen molar-refractivity contribution in [2.75, 3.05) is 13.2 Å². The molecule has 3 nitrogen and oxygen atoms in total. The topological polar surface area (TPSA) is 27.7 Å². The minimum atomic E-state index is -4.00. The molecule has 1 atom stereocenters. The van der Waals surface area contributed by atoms with Crippen LogP contribution >= 0.6 is 9.24 Å². The predicted molar refractivity (Wildman–Crippen MR) is 100 cm³/mol. The number of alkyl halides is 2. The number of hydrogen-bond donors (Lipinski definition) is 0. The first-order valence-corrected chi connectivity index (χ1v) is 9.35. The number of rotatable bonds is 4. The van der Waals surface area contributed by atoms with Crippen molar-refractivity contribution in [2.45, 2.75) is 39.6 Å². The quantitative estimate of drug-likeness (QED) is 0.521. The van der Waals surface area contributed by atoms with Gasteiger partial charge in [0.05, 0.1) is 13.2 Å². The van der Waals surface area contributed by atoms with E-state index < -0.39 is 29.6 Å². The molecule has 0 aromatic heterocycles. The van der Waals surface area contributed by atoms with Crippen LogP contribution in [0.2, 0.25) is 0 Å². The lowest BCUT2D eigenvalue weighted by molar-refractivity contribution is -0.189. The van der Waals surface area contributed by atoms with Gasteiger partial charge in [0.2, 0.25) is 0 Å². The van der Waals surface area contributed by atoms with E-state index in [1.165, 1.54) is 32.9 Å². The van der Waals surface area contributed by atoms with E-state index in [2.05, 4.69) is 9.24 Å². The van der Waals surface area contributed by atoms with Crippen LogP contribution in [0, 0.1) is 32.4 Å². The maximum atomic E-state index is 14.8. The molecule has 152 valence electrons. The Labute approximate surface area is 163 Å². The summed E-state index contributed by atoms with van der Waals surface area (Å²) in [5, 5.41) is 0.382. The van der Waals surface area contributed by atoms with E-state index in [4.69, 9.17) is 14.2 Å². The highest BCUT2D eigenvalue weighted by Gasteiger charge is 2.40. The SMILES string of the molecule is Cc1cc(C2OCCCO2)cc(F)c1C(F)(F)Oc1cc(P)c(C)c(F)c1C. The maximum absolute atomic E-state index is 14.8. The summed E-state index contributed by atoms with van der Waals surface area (Å²) in [7, 11) is 2.27. The summed E-state index contributed by atoms with van der Waals surface area (Å²) in [5.41, 5.74) is -0.356. The molecule has 0 radical (unpaired) electrons. The molecule has 1 heterocycles. The average Bonchev–Trinajstić information content (AvgIpc) is 2.64. The third kappa shape index (κ3) is 4.02. The fourth-order valence-electron chi connectivity index (χ4n) is 3.12. The smallest absolute Gasteiger partial charge is 0.428 e. The fourth-order valence-corrected chi connectivity index (χ4v) is 3.40. The standard InChI is InChI=1S/C20H21F4O3P/c1-10-7-13(19-25-5-4-6-26-19)8-14(21)17(10)20(23,24)27-15-9-16(28)12(3)18(22)11(15)2/h7-9,19H,4-6,28H2,1-3H3. The zero-order valence-electron chi connectivity index (χ0n) is 15.7. The van der Waals surface area contributed by atoms with Gasteiger partial charge in [-0.15, -0.1) is 9.24 Å². The lowest BCUT2D eigenvalue weighted by atomic mass is 10.0. The van der Waals surface area contributed by atoms with Crippen LogP contribution < -0.4 is 10.0 Å². The lowest BCUT2D eigenvalue weighted by Crippen LogP contribution is -2.26. The summed E-state index contributed by atoms with van der Waals surface area (Å²) in [6.07, 6.45) is -4.07. The zero-order valence-corrected chi connectivity index (χ0v) is 16.9. The molecule has 0 aliphatic carbocycles. The molecule has 2 aromatic carbocycles. The number of aryl methyl sites for hydroxylation is 1. The Morgan fingerprint density at radius 3 is 2.29 bits per heavy atom. The normalized spacial score (nSPS) is 15.7. The Bertz CT molecular complexity index is 873. The van der Waals surface area contributed by atoms with E-state index in [-0.39, 0.29) is 16.9 Å². The van der Waals surface area contributed by atoms with Gasteiger partial charge in [-0.05, 0) is 55.8 Å². The molecule has 0 bridgehead atoms. The van der Waals surface area contributed by atoms with Gasteiger partial charge in [-0.2, -0.15) is 8.78 Å². The Morgan fingerprint density at radius 2 is 1.68 bits per heavy atom. The van der Waals surface area contributed by atoms with Gasteiger partial charge < -0.3 is 14.2 Å². The fraction of sp³-hybridized carbons (Fsp3) is 0.400. The molecule has 1 fully saturated rings. The van der Waals surface area contributed by atoms with E-state index in [1.807, 2.05) is 0 Å². The van der Waals surface area contributed by atoms with Crippen LogP contribution in [0.4, 0.5) is 17.6 Å². The summed E-state index contributed by atoms with van der Waals surface area (Å²) >= 11 is 0. The summed E-state index contributed by atoms with van der Waals surface area (Å²) in [4.78, 5) is 0. The maximum Gasteiger partial charge on any atom is 0.429 e. The van der Waals surface area contributed by atoms with E-state index in [0.29, 0.717) is 36.1 Å². The van der Waals surface area contributed by atoms with Crippen molar-refractivity contribution in [1.82, 2.24) is 0 Å². The molecule has 2 aromatic rings. The molecule has 0 amide bonds. The third-order valence-corrected chi connectivity index (χ3v) is 5.29. The van der Waals surface area contributed by atoms with Gasteiger partial charge in [0, 0.05) is 11.1 Å². The van der Waals surface area contributed by atoms with Crippen molar-refractivity contribution >= 4 is 14.5 Å². The first-order chi connectivity index (χ1) is 13.1. The number of halogens is 4. The summed E-state index contributed by atoms with van der Waals surface area (Å²) in [6, 6.07) is 3.63. The first kappa shape index (κ1) is 21.0. The van der Waals surface area contributed by atoms with E-state index in [9.17, 15) is 17.6 Å². The molecule has 0 saturated carbocycles. The Morgan fingerprint density at radius 1 is 1.04 bits per heavy atom. The Balaban J connectivity index is 1.96. The second kappa shape index (κ2) is 7.97. The minimum absolute atomic E-state index is 0.0193. The second-order valence-electron chi connectivity index (χ2n) is 6.77. The molecule has 1 saturated heterocycles. The molecule has 1 aliphatic rings. The van der Waals surface area contributed by atoms with Gasteiger partial charge in [-0.3, -0.25) is 0 Å². The van der Waals surface area contributed by atoms with E-state index in [1.54, 1.807) is 0 Å². The van der Waals surface area contributed by atoms with Crippen molar-refractivity contribution in [3.63, 3.8) is 0 Å². The second-order valence-corrected chi connectivity index (χ2v) is 7.39. The summed E-state index contributed by atoms with van der Waals surface area (Å²) < 4.78 is 74.1. The first-order valence-electron chi connectivity index (χ1n) is 8.77.